The first-order valence-corrected chi connectivity index (χ1v) is 9.03. The van der Waals surface area contributed by atoms with Gasteiger partial charge in [0, 0.05) is 24.1 Å². The molecule has 1 saturated carbocycles. The lowest BCUT2D eigenvalue weighted by molar-refractivity contribution is 0.112. The number of hydrogen-bond donors (Lipinski definition) is 0. The van der Waals surface area contributed by atoms with Crippen LogP contribution in [0, 0.1) is 6.92 Å². The minimum atomic E-state index is -2.76. The number of ether oxygens (including phenoxy) is 1. The molecule has 1 atom stereocenters. The molecule has 1 aliphatic rings. The largest absolute Gasteiger partial charge is 0.488 e. The zero-order valence-electron chi connectivity index (χ0n) is 15.2. The van der Waals surface area contributed by atoms with Crippen molar-refractivity contribution in [3.8, 4) is 11.4 Å². The fraction of sp³-hybridized carbons (Fsp3) is 0.316. The van der Waals surface area contributed by atoms with Crippen LogP contribution >= 0.6 is 11.6 Å². The van der Waals surface area contributed by atoms with Crippen LogP contribution in [0.1, 0.15) is 29.0 Å². The lowest BCUT2D eigenvalue weighted by Crippen LogP contribution is -2.23. The SMILES string of the molecule is Cc1ccc(Cl)cc1OCc1c(C2CC2(F)F)cccc1-n1nnn(C)c1=O. The zero-order chi connectivity index (χ0) is 20.1. The Morgan fingerprint density at radius 2 is 2.04 bits per heavy atom. The van der Waals surface area contributed by atoms with Crippen LogP contribution < -0.4 is 10.4 Å². The first-order chi connectivity index (χ1) is 13.3. The second kappa shape index (κ2) is 6.70. The minimum Gasteiger partial charge on any atom is -0.488 e. The van der Waals surface area contributed by atoms with Gasteiger partial charge in [-0.1, -0.05) is 29.8 Å². The molecular weight excluding hydrogens is 390 g/mol. The number of halogens is 3. The van der Waals surface area contributed by atoms with E-state index in [4.69, 9.17) is 16.3 Å². The molecule has 0 bridgehead atoms. The molecule has 0 N–H and O–H groups in total. The van der Waals surface area contributed by atoms with Crippen LogP contribution in [0.5, 0.6) is 5.75 Å². The number of aromatic nitrogens is 4. The monoisotopic (exact) mass is 406 g/mol. The Kier molecular flexibility index (Phi) is 4.45. The third-order valence-electron chi connectivity index (χ3n) is 4.86. The summed E-state index contributed by atoms with van der Waals surface area (Å²) in [7, 11) is 1.47. The number of alkyl halides is 2. The van der Waals surface area contributed by atoms with Gasteiger partial charge in [0.1, 0.15) is 12.4 Å². The van der Waals surface area contributed by atoms with E-state index >= 15 is 0 Å². The maximum absolute atomic E-state index is 13.8. The van der Waals surface area contributed by atoms with E-state index in [-0.39, 0.29) is 13.0 Å². The van der Waals surface area contributed by atoms with Crippen LogP contribution in [0.25, 0.3) is 5.69 Å². The first kappa shape index (κ1) is 18.6. The van der Waals surface area contributed by atoms with Crippen LogP contribution in [-0.2, 0) is 13.7 Å². The summed E-state index contributed by atoms with van der Waals surface area (Å²) >= 11 is 6.03. The van der Waals surface area contributed by atoms with Gasteiger partial charge in [0.05, 0.1) is 11.6 Å². The predicted octanol–water partition coefficient (Wildman–Crippen LogP) is 3.63. The Labute approximate surface area is 164 Å². The van der Waals surface area contributed by atoms with Gasteiger partial charge in [-0.05, 0) is 46.7 Å². The second-order valence-corrected chi connectivity index (χ2v) is 7.29. The van der Waals surface area contributed by atoms with Gasteiger partial charge in [-0.2, -0.15) is 9.36 Å². The predicted molar refractivity (Wildman–Crippen MR) is 99.4 cm³/mol. The van der Waals surface area contributed by atoms with Crippen molar-refractivity contribution >= 4 is 11.6 Å². The van der Waals surface area contributed by atoms with Crippen LogP contribution in [0.3, 0.4) is 0 Å². The molecule has 28 heavy (non-hydrogen) atoms. The fourth-order valence-corrected chi connectivity index (χ4v) is 3.33. The molecule has 1 unspecified atom stereocenters. The Morgan fingerprint density at radius 1 is 1.29 bits per heavy atom. The van der Waals surface area contributed by atoms with Crippen molar-refractivity contribution in [1.82, 2.24) is 19.8 Å². The fourth-order valence-electron chi connectivity index (χ4n) is 3.17. The normalized spacial score (nSPS) is 17.5. The highest BCUT2D eigenvalue weighted by Crippen LogP contribution is 2.56. The summed E-state index contributed by atoms with van der Waals surface area (Å²) in [5, 5.41) is 8.06. The van der Waals surface area contributed by atoms with Crippen LogP contribution in [0.4, 0.5) is 8.78 Å². The zero-order valence-corrected chi connectivity index (χ0v) is 16.0. The van der Waals surface area contributed by atoms with Gasteiger partial charge in [-0.3, -0.25) is 0 Å². The number of nitrogens with zero attached hydrogens (tertiary/aromatic N) is 4. The molecule has 1 aromatic heterocycles. The molecule has 1 aliphatic carbocycles. The van der Waals surface area contributed by atoms with E-state index < -0.39 is 17.5 Å². The molecule has 6 nitrogen and oxygen atoms in total. The molecular formula is C19H17ClF2N4O2. The summed E-state index contributed by atoms with van der Waals surface area (Å²) in [6.07, 6.45) is -0.227. The highest BCUT2D eigenvalue weighted by Gasteiger charge is 2.58. The van der Waals surface area contributed by atoms with Crippen LogP contribution in [0.15, 0.2) is 41.2 Å². The van der Waals surface area contributed by atoms with Gasteiger partial charge in [0.2, 0.25) is 0 Å². The molecule has 0 radical (unpaired) electrons. The minimum absolute atomic E-state index is 0.0116. The number of hydrogen-bond acceptors (Lipinski definition) is 4. The van der Waals surface area contributed by atoms with E-state index in [1.165, 1.54) is 7.05 Å². The van der Waals surface area contributed by atoms with Crippen molar-refractivity contribution in [1.29, 1.82) is 0 Å². The van der Waals surface area contributed by atoms with Gasteiger partial charge in [-0.15, -0.1) is 0 Å². The highest BCUT2D eigenvalue weighted by atomic mass is 35.5. The summed E-state index contributed by atoms with van der Waals surface area (Å²) in [4.78, 5) is 12.3. The van der Waals surface area contributed by atoms with Crippen molar-refractivity contribution in [3.63, 3.8) is 0 Å². The molecule has 1 fully saturated rings. The maximum atomic E-state index is 13.8. The molecule has 9 heteroatoms. The molecule has 0 aliphatic heterocycles. The third kappa shape index (κ3) is 3.28. The van der Waals surface area contributed by atoms with Crippen molar-refractivity contribution in [2.75, 3.05) is 0 Å². The standard InChI is InChI=1S/C19H17ClF2N4O2/c1-11-6-7-12(20)8-17(11)28-10-14-13(15-9-19(15,21)22)4-3-5-16(14)26-18(27)25(2)23-24-26/h3-8,15H,9-10H2,1-2H3. The molecule has 0 spiro atoms. The Hall–Kier alpha value is -2.74. The number of benzene rings is 2. The van der Waals surface area contributed by atoms with Crippen LogP contribution in [-0.4, -0.2) is 25.7 Å². The average molecular weight is 407 g/mol. The lowest BCUT2D eigenvalue weighted by Gasteiger charge is -2.16. The molecule has 3 aromatic rings. The van der Waals surface area contributed by atoms with E-state index in [1.807, 2.05) is 13.0 Å². The van der Waals surface area contributed by atoms with E-state index in [9.17, 15) is 13.6 Å². The van der Waals surface area contributed by atoms with Crippen molar-refractivity contribution in [2.45, 2.75) is 31.8 Å². The second-order valence-electron chi connectivity index (χ2n) is 6.86. The number of rotatable bonds is 5. The number of tetrazole rings is 1. The van der Waals surface area contributed by atoms with E-state index in [2.05, 4.69) is 10.4 Å². The Balaban J connectivity index is 1.78. The lowest BCUT2D eigenvalue weighted by atomic mass is 10.0. The Bertz CT molecular complexity index is 1110. The van der Waals surface area contributed by atoms with Crippen molar-refractivity contribution < 1.29 is 13.5 Å². The van der Waals surface area contributed by atoms with Crippen molar-refractivity contribution in [2.24, 2.45) is 7.05 Å². The number of aryl methyl sites for hydroxylation is 2. The highest BCUT2D eigenvalue weighted by molar-refractivity contribution is 6.30. The molecule has 146 valence electrons. The summed E-state index contributed by atoms with van der Waals surface area (Å²) in [5.74, 6) is -3.12. The van der Waals surface area contributed by atoms with Gasteiger partial charge in [0.25, 0.3) is 5.92 Å². The van der Waals surface area contributed by atoms with Crippen LogP contribution in [0.2, 0.25) is 5.02 Å². The molecule has 0 amide bonds. The van der Waals surface area contributed by atoms with Gasteiger partial charge >= 0.3 is 5.69 Å². The molecule has 0 saturated heterocycles. The van der Waals surface area contributed by atoms with E-state index in [1.54, 1.807) is 30.3 Å². The quantitative estimate of drug-likeness (QED) is 0.649. The van der Waals surface area contributed by atoms with Gasteiger partial charge in [-0.25, -0.2) is 13.6 Å². The van der Waals surface area contributed by atoms with Gasteiger partial charge < -0.3 is 4.74 Å². The summed E-state index contributed by atoms with van der Waals surface area (Å²) in [6, 6.07) is 10.1. The maximum Gasteiger partial charge on any atom is 0.368 e. The molecule has 4 rings (SSSR count). The Morgan fingerprint density at radius 3 is 2.68 bits per heavy atom. The first-order valence-electron chi connectivity index (χ1n) is 8.66. The average Bonchev–Trinajstić information content (AvgIpc) is 3.17. The summed E-state index contributed by atoms with van der Waals surface area (Å²) < 4.78 is 35.7. The van der Waals surface area contributed by atoms with Gasteiger partial charge in [0.15, 0.2) is 0 Å². The molecule has 1 heterocycles. The van der Waals surface area contributed by atoms with Crippen molar-refractivity contribution in [3.05, 3.63) is 68.6 Å². The smallest absolute Gasteiger partial charge is 0.368 e. The summed E-state index contributed by atoms with van der Waals surface area (Å²) in [5.41, 5.74) is 1.68. The third-order valence-corrected chi connectivity index (χ3v) is 5.10. The topological polar surface area (TPSA) is 61.9 Å². The summed E-state index contributed by atoms with van der Waals surface area (Å²) in [6.45, 7) is 1.85. The molecule has 2 aromatic carbocycles. The van der Waals surface area contributed by atoms with E-state index in [0.717, 1.165) is 14.9 Å². The van der Waals surface area contributed by atoms with E-state index in [0.29, 0.717) is 27.6 Å².